The van der Waals surface area contributed by atoms with E-state index in [-0.39, 0.29) is 0 Å². The van der Waals surface area contributed by atoms with Crippen molar-refractivity contribution in [3.8, 4) is 0 Å². The third-order valence-corrected chi connectivity index (χ3v) is 2.28. The molecule has 0 aromatic carbocycles. The molecular weight excluding hydrogens is 182 g/mol. The second kappa shape index (κ2) is 2.96. The molecule has 9 heavy (non-hydrogen) atoms. The smallest absolute Gasteiger partial charge is 0.0945 e. The standard InChI is InChI=1S/C5H12BrN3/c1-3(2)4-5(6)8-9-7-4/h3-5,7-9H,1-2H3. The van der Waals surface area contributed by atoms with E-state index in [9.17, 15) is 0 Å². The van der Waals surface area contributed by atoms with Crippen molar-refractivity contribution in [2.45, 2.75) is 24.8 Å². The van der Waals surface area contributed by atoms with Crippen molar-refractivity contribution < 1.29 is 0 Å². The summed E-state index contributed by atoms with van der Waals surface area (Å²) in [5, 5.41) is 0. The molecule has 2 atom stereocenters. The number of hydrazine groups is 2. The fourth-order valence-corrected chi connectivity index (χ4v) is 1.72. The Bertz CT molecular complexity index is 96.2. The van der Waals surface area contributed by atoms with Crippen LogP contribution in [0.25, 0.3) is 0 Å². The van der Waals surface area contributed by atoms with Crippen molar-refractivity contribution in [3.05, 3.63) is 0 Å². The molecule has 3 N–H and O–H groups in total. The van der Waals surface area contributed by atoms with Gasteiger partial charge in [-0.25, -0.2) is 10.9 Å². The Labute approximate surface area is 63.7 Å². The number of halogens is 1. The molecule has 0 radical (unpaired) electrons. The molecule has 0 aromatic heterocycles. The number of nitrogens with one attached hydrogen (secondary N) is 3. The third kappa shape index (κ3) is 1.64. The minimum atomic E-state index is 0.345. The van der Waals surface area contributed by atoms with E-state index in [4.69, 9.17) is 0 Å². The summed E-state index contributed by atoms with van der Waals surface area (Å²) in [5.74, 6) is 0.636. The lowest BCUT2D eigenvalue weighted by molar-refractivity contribution is 0.437. The highest BCUT2D eigenvalue weighted by Gasteiger charge is 2.25. The predicted molar refractivity (Wildman–Crippen MR) is 40.7 cm³/mol. The third-order valence-electron chi connectivity index (χ3n) is 1.48. The molecule has 2 unspecified atom stereocenters. The lowest BCUT2D eigenvalue weighted by Crippen LogP contribution is -2.36. The second-order valence-corrected chi connectivity index (χ2v) is 3.57. The van der Waals surface area contributed by atoms with Gasteiger partial charge < -0.3 is 0 Å². The van der Waals surface area contributed by atoms with E-state index in [1.165, 1.54) is 0 Å². The first-order valence-electron chi connectivity index (χ1n) is 3.12. The van der Waals surface area contributed by atoms with E-state index in [2.05, 4.69) is 46.2 Å². The summed E-state index contributed by atoms with van der Waals surface area (Å²) in [7, 11) is 0. The van der Waals surface area contributed by atoms with E-state index >= 15 is 0 Å². The van der Waals surface area contributed by atoms with Gasteiger partial charge in [0.25, 0.3) is 0 Å². The van der Waals surface area contributed by atoms with Gasteiger partial charge in [-0.2, -0.15) is 5.53 Å². The highest BCUT2D eigenvalue weighted by Crippen LogP contribution is 2.12. The first kappa shape index (κ1) is 7.47. The van der Waals surface area contributed by atoms with E-state index in [0.29, 0.717) is 16.9 Å². The minimum absolute atomic E-state index is 0.345. The first-order chi connectivity index (χ1) is 4.22. The van der Waals surface area contributed by atoms with Gasteiger partial charge in [-0.3, -0.25) is 0 Å². The van der Waals surface area contributed by atoms with Crippen LogP contribution in [0.15, 0.2) is 0 Å². The van der Waals surface area contributed by atoms with Gasteiger partial charge in [0.15, 0.2) is 0 Å². The summed E-state index contributed by atoms with van der Waals surface area (Å²) in [6.07, 6.45) is 0. The second-order valence-electron chi connectivity index (χ2n) is 2.59. The van der Waals surface area contributed by atoms with Gasteiger partial charge in [0, 0.05) is 0 Å². The molecule has 0 aliphatic carbocycles. The van der Waals surface area contributed by atoms with Gasteiger partial charge in [-0.15, -0.1) is 0 Å². The number of alkyl halides is 1. The Kier molecular flexibility index (Phi) is 2.46. The maximum Gasteiger partial charge on any atom is 0.0945 e. The zero-order valence-corrected chi connectivity index (χ0v) is 7.20. The largest absolute Gasteiger partial charge is 0.238 e. The summed E-state index contributed by atoms with van der Waals surface area (Å²) in [4.78, 5) is 0.345. The van der Waals surface area contributed by atoms with Gasteiger partial charge >= 0.3 is 0 Å². The van der Waals surface area contributed by atoms with Crippen LogP contribution in [0.2, 0.25) is 0 Å². The van der Waals surface area contributed by atoms with Crippen molar-refractivity contribution in [1.82, 2.24) is 16.4 Å². The Hall–Kier alpha value is 0.360. The fraction of sp³-hybridized carbons (Fsp3) is 1.00. The number of hydrogen-bond acceptors (Lipinski definition) is 3. The molecule has 0 spiro atoms. The number of rotatable bonds is 1. The topological polar surface area (TPSA) is 36.1 Å². The van der Waals surface area contributed by atoms with Crippen molar-refractivity contribution in [2.24, 2.45) is 5.92 Å². The summed E-state index contributed by atoms with van der Waals surface area (Å²) >= 11 is 3.47. The van der Waals surface area contributed by atoms with E-state index in [1.54, 1.807) is 0 Å². The highest BCUT2D eigenvalue weighted by atomic mass is 79.9. The summed E-state index contributed by atoms with van der Waals surface area (Å²) in [5.41, 5.74) is 8.96. The van der Waals surface area contributed by atoms with Crippen LogP contribution in [-0.2, 0) is 0 Å². The Morgan fingerprint density at radius 3 is 2.22 bits per heavy atom. The molecular formula is C5H12BrN3. The van der Waals surface area contributed by atoms with Crippen LogP contribution in [-0.4, -0.2) is 11.0 Å². The number of hydrogen-bond donors (Lipinski definition) is 3. The SMILES string of the molecule is CC(C)C1NNNC1Br. The van der Waals surface area contributed by atoms with Gasteiger partial charge in [0.05, 0.1) is 11.0 Å². The maximum absolute atomic E-state index is 3.47. The van der Waals surface area contributed by atoms with E-state index < -0.39 is 0 Å². The molecule has 0 amide bonds. The molecule has 1 rings (SSSR count). The molecule has 1 heterocycles. The van der Waals surface area contributed by atoms with Crippen LogP contribution in [0.5, 0.6) is 0 Å². The van der Waals surface area contributed by atoms with Crippen molar-refractivity contribution >= 4 is 15.9 Å². The van der Waals surface area contributed by atoms with Crippen LogP contribution >= 0.6 is 15.9 Å². The van der Waals surface area contributed by atoms with Gasteiger partial charge in [-0.05, 0) is 5.92 Å². The normalized spacial score (nSPS) is 36.0. The molecule has 1 fully saturated rings. The molecule has 0 saturated carbocycles. The van der Waals surface area contributed by atoms with Crippen LogP contribution in [0.1, 0.15) is 13.8 Å². The van der Waals surface area contributed by atoms with Crippen molar-refractivity contribution in [1.29, 1.82) is 0 Å². The van der Waals surface area contributed by atoms with Crippen molar-refractivity contribution in [3.63, 3.8) is 0 Å². The fourth-order valence-electron chi connectivity index (χ4n) is 0.861. The Morgan fingerprint density at radius 2 is 2.00 bits per heavy atom. The average Bonchev–Trinajstić information content (AvgIpc) is 2.13. The molecule has 0 bridgehead atoms. The molecule has 1 saturated heterocycles. The van der Waals surface area contributed by atoms with Gasteiger partial charge in [0.2, 0.25) is 0 Å². The Morgan fingerprint density at radius 1 is 1.33 bits per heavy atom. The van der Waals surface area contributed by atoms with Crippen LogP contribution < -0.4 is 16.4 Å². The summed E-state index contributed by atoms with van der Waals surface area (Å²) < 4.78 is 0. The average molecular weight is 194 g/mol. The quantitative estimate of drug-likeness (QED) is 0.416. The predicted octanol–water partition coefficient (Wildman–Crippen LogP) is 0.344. The minimum Gasteiger partial charge on any atom is -0.238 e. The molecule has 0 aromatic rings. The zero-order chi connectivity index (χ0) is 6.85. The summed E-state index contributed by atoms with van der Waals surface area (Å²) in [6, 6.07) is 0.477. The lowest BCUT2D eigenvalue weighted by atomic mass is 10.1. The molecule has 1 aliphatic heterocycles. The highest BCUT2D eigenvalue weighted by molar-refractivity contribution is 9.09. The van der Waals surface area contributed by atoms with E-state index in [1.807, 2.05) is 0 Å². The molecule has 3 nitrogen and oxygen atoms in total. The first-order valence-corrected chi connectivity index (χ1v) is 4.03. The lowest BCUT2D eigenvalue weighted by Gasteiger charge is -2.15. The van der Waals surface area contributed by atoms with E-state index in [0.717, 1.165) is 0 Å². The van der Waals surface area contributed by atoms with Crippen LogP contribution in [0, 0.1) is 5.92 Å². The van der Waals surface area contributed by atoms with Crippen LogP contribution in [0.3, 0.4) is 0 Å². The zero-order valence-electron chi connectivity index (χ0n) is 5.61. The molecule has 1 aliphatic rings. The summed E-state index contributed by atoms with van der Waals surface area (Å²) in [6.45, 7) is 4.36. The van der Waals surface area contributed by atoms with Gasteiger partial charge in [-0.1, -0.05) is 29.8 Å². The maximum atomic E-state index is 3.47. The molecule has 54 valence electrons. The van der Waals surface area contributed by atoms with Crippen molar-refractivity contribution in [2.75, 3.05) is 0 Å². The Balaban J connectivity index is 2.40. The molecule has 4 heteroatoms. The van der Waals surface area contributed by atoms with Gasteiger partial charge in [0.1, 0.15) is 0 Å². The van der Waals surface area contributed by atoms with Crippen LogP contribution in [0.4, 0.5) is 0 Å². The monoisotopic (exact) mass is 193 g/mol.